The topological polar surface area (TPSA) is 62.8 Å². The van der Waals surface area contributed by atoms with Gasteiger partial charge in [0.2, 0.25) is 5.91 Å². The minimum absolute atomic E-state index is 0.00195. The smallest absolute Gasteiger partial charge is 0.239 e. The molecule has 6 heteroatoms. The molecule has 6 nitrogen and oxygen atoms in total. The summed E-state index contributed by atoms with van der Waals surface area (Å²) in [5.74, 6) is 0.00195. The Bertz CT molecular complexity index is 546. The van der Waals surface area contributed by atoms with E-state index in [1.807, 2.05) is 0 Å². The Balaban J connectivity index is 1.50. The molecule has 0 spiro atoms. The first kappa shape index (κ1) is 17.4. The third-order valence-corrected chi connectivity index (χ3v) is 4.43. The maximum Gasteiger partial charge on any atom is 0.239 e. The van der Waals surface area contributed by atoms with Crippen molar-refractivity contribution in [3.8, 4) is 0 Å². The summed E-state index contributed by atoms with van der Waals surface area (Å²) in [4.78, 5) is 14.5. The summed E-state index contributed by atoms with van der Waals surface area (Å²) >= 11 is 0. The van der Waals surface area contributed by atoms with Gasteiger partial charge in [-0.15, -0.1) is 0 Å². The zero-order valence-electron chi connectivity index (χ0n) is 14.3. The van der Waals surface area contributed by atoms with E-state index in [0.29, 0.717) is 25.9 Å². The highest BCUT2D eigenvalue weighted by Gasteiger charge is 2.20. The first-order valence-corrected chi connectivity index (χ1v) is 8.71. The van der Waals surface area contributed by atoms with Gasteiger partial charge in [0.05, 0.1) is 25.9 Å². The number of nitrogens with one attached hydrogen (secondary N) is 2. The lowest BCUT2D eigenvalue weighted by molar-refractivity contribution is -0.126. The van der Waals surface area contributed by atoms with E-state index in [4.69, 9.17) is 9.47 Å². The van der Waals surface area contributed by atoms with Crippen LogP contribution in [0.25, 0.3) is 0 Å². The van der Waals surface area contributed by atoms with Gasteiger partial charge in [0.1, 0.15) is 6.04 Å². The molecule has 1 aromatic carbocycles. The molecule has 0 saturated carbocycles. The SMILES string of the molecule is CC1CN(Cc2cccc(CNC(=O)C3COCCN3)c2)CCO1. The fourth-order valence-corrected chi connectivity index (χ4v) is 3.18. The molecular formula is C18H27N3O3. The molecule has 2 saturated heterocycles. The van der Waals surface area contributed by atoms with Crippen LogP contribution in [0.4, 0.5) is 0 Å². The molecule has 3 rings (SSSR count). The van der Waals surface area contributed by atoms with E-state index in [1.165, 1.54) is 5.56 Å². The number of nitrogens with zero attached hydrogens (tertiary/aromatic N) is 1. The van der Waals surface area contributed by atoms with Gasteiger partial charge in [-0.05, 0) is 18.1 Å². The molecule has 0 aromatic heterocycles. The van der Waals surface area contributed by atoms with E-state index < -0.39 is 0 Å². The average Bonchev–Trinajstić information content (AvgIpc) is 2.61. The Morgan fingerprint density at radius 3 is 3.04 bits per heavy atom. The van der Waals surface area contributed by atoms with Gasteiger partial charge in [0, 0.05) is 32.7 Å². The van der Waals surface area contributed by atoms with E-state index in [2.05, 4.69) is 46.7 Å². The van der Waals surface area contributed by atoms with Gasteiger partial charge in [-0.1, -0.05) is 24.3 Å². The quantitative estimate of drug-likeness (QED) is 0.822. The molecule has 0 radical (unpaired) electrons. The summed E-state index contributed by atoms with van der Waals surface area (Å²) in [6.07, 6.45) is 0.298. The zero-order chi connectivity index (χ0) is 16.8. The normalized spacial score (nSPS) is 25.4. The number of benzene rings is 1. The van der Waals surface area contributed by atoms with Crippen LogP contribution in [0.2, 0.25) is 0 Å². The Morgan fingerprint density at radius 1 is 1.38 bits per heavy atom. The second-order valence-electron chi connectivity index (χ2n) is 6.54. The van der Waals surface area contributed by atoms with E-state index in [0.717, 1.165) is 38.3 Å². The van der Waals surface area contributed by atoms with Crippen LogP contribution in [0.3, 0.4) is 0 Å². The Labute approximate surface area is 143 Å². The molecule has 132 valence electrons. The van der Waals surface area contributed by atoms with Gasteiger partial charge in [-0.2, -0.15) is 0 Å². The molecular weight excluding hydrogens is 306 g/mol. The molecule has 24 heavy (non-hydrogen) atoms. The molecule has 2 fully saturated rings. The predicted molar refractivity (Wildman–Crippen MR) is 91.6 cm³/mol. The molecule has 2 aliphatic rings. The van der Waals surface area contributed by atoms with Gasteiger partial charge in [0.25, 0.3) is 0 Å². The van der Waals surface area contributed by atoms with Crippen molar-refractivity contribution in [1.29, 1.82) is 0 Å². The highest BCUT2D eigenvalue weighted by atomic mass is 16.5. The lowest BCUT2D eigenvalue weighted by atomic mass is 10.1. The molecule has 2 N–H and O–H groups in total. The molecule has 2 atom stereocenters. The number of carbonyl (C=O) groups excluding carboxylic acids is 1. The van der Waals surface area contributed by atoms with E-state index in [9.17, 15) is 4.79 Å². The number of hydrogen-bond acceptors (Lipinski definition) is 5. The van der Waals surface area contributed by atoms with Crippen LogP contribution in [0.5, 0.6) is 0 Å². The number of hydrogen-bond donors (Lipinski definition) is 2. The van der Waals surface area contributed by atoms with Crippen LogP contribution in [0.1, 0.15) is 18.1 Å². The monoisotopic (exact) mass is 333 g/mol. The van der Waals surface area contributed by atoms with Crippen LogP contribution in [0.15, 0.2) is 24.3 Å². The molecule has 1 amide bonds. The van der Waals surface area contributed by atoms with Crippen molar-refractivity contribution >= 4 is 5.91 Å². The number of carbonyl (C=O) groups is 1. The van der Waals surface area contributed by atoms with E-state index >= 15 is 0 Å². The summed E-state index contributed by atoms with van der Waals surface area (Å²) in [6, 6.07) is 8.18. The van der Waals surface area contributed by atoms with Gasteiger partial charge in [-0.3, -0.25) is 9.69 Å². The Hall–Kier alpha value is -1.47. The molecule has 0 aliphatic carbocycles. The molecule has 2 aliphatic heterocycles. The third-order valence-electron chi connectivity index (χ3n) is 4.43. The maximum absolute atomic E-state index is 12.1. The lowest BCUT2D eigenvalue weighted by Gasteiger charge is -2.31. The first-order valence-electron chi connectivity index (χ1n) is 8.71. The van der Waals surface area contributed by atoms with Crippen LogP contribution in [-0.2, 0) is 27.4 Å². The van der Waals surface area contributed by atoms with Gasteiger partial charge >= 0.3 is 0 Å². The molecule has 1 aromatic rings. The van der Waals surface area contributed by atoms with Crippen molar-refractivity contribution in [2.24, 2.45) is 0 Å². The lowest BCUT2D eigenvalue weighted by Crippen LogP contribution is -2.51. The van der Waals surface area contributed by atoms with Crippen molar-refractivity contribution in [2.45, 2.75) is 32.2 Å². The van der Waals surface area contributed by atoms with E-state index in [1.54, 1.807) is 0 Å². The molecule has 0 bridgehead atoms. The summed E-state index contributed by atoms with van der Waals surface area (Å²) < 4.78 is 10.9. The van der Waals surface area contributed by atoms with Crippen molar-refractivity contribution in [3.05, 3.63) is 35.4 Å². The van der Waals surface area contributed by atoms with Crippen LogP contribution in [-0.4, -0.2) is 62.4 Å². The number of ether oxygens (including phenoxy) is 2. The summed E-state index contributed by atoms with van der Waals surface area (Å²) in [6.45, 7) is 8.16. The van der Waals surface area contributed by atoms with Crippen molar-refractivity contribution in [1.82, 2.24) is 15.5 Å². The zero-order valence-corrected chi connectivity index (χ0v) is 14.3. The first-order chi connectivity index (χ1) is 11.7. The third kappa shape index (κ3) is 5.01. The highest BCUT2D eigenvalue weighted by molar-refractivity contribution is 5.81. The van der Waals surface area contributed by atoms with Crippen LogP contribution >= 0.6 is 0 Å². The maximum atomic E-state index is 12.1. The number of amides is 1. The second kappa shape index (κ2) is 8.58. The Kier molecular flexibility index (Phi) is 6.20. The Morgan fingerprint density at radius 2 is 2.25 bits per heavy atom. The predicted octanol–water partition coefficient (Wildman–Crippen LogP) is 0.512. The fourth-order valence-electron chi connectivity index (χ4n) is 3.18. The van der Waals surface area contributed by atoms with Gasteiger partial charge in [0.15, 0.2) is 0 Å². The fraction of sp³-hybridized carbons (Fsp3) is 0.611. The van der Waals surface area contributed by atoms with E-state index in [-0.39, 0.29) is 11.9 Å². The van der Waals surface area contributed by atoms with Crippen LogP contribution in [0, 0.1) is 0 Å². The van der Waals surface area contributed by atoms with Gasteiger partial charge in [-0.25, -0.2) is 0 Å². The highest BCUT2D eigenvalue weighted by Crippen LogP contribution is 2.12. The van der Waals surface area contributed by atoms with Gasteiger partial charge < -0.3 is 20.1 Å². The van der Waals surface area contributed by atoms with Crippen molar-refractivity contribution < 1.29 is 14.3 Å². The standard InChI is InChI=1S/C18H27N3O3/c1-14-11-21(6-8-24-14)12-16-4-2-3-15(9-16)10-20-18(22)17-13-23-7-5-19-17/h2-4,9,14,17,19H,5-8,10-13H2,1H3,(H,20,22). The minimum Gasteiger partial charge on any atom is -0.378 e. The number of rotatable bonds is 5. The summed E-state index contributed by atoms with van der Waals surface area (Å²) in [5.41, 5.74) is 2.40. The molecule has 2 unspecified atom stereocenters. The molecule has 2 heterocycles. The average molecular weight is 333 g/mol. The second-order valence-corrected chi connectivity index (χ2v) is 6.54. The van der Waals surface area contributed by atoms with Crippen molar-refractivity contribution in [2.75, 3.05) is 39.5 Å². The van der Waals surface area contributed by atoms with Crippen LogP contribution < -0.4 is 10.6 Å². The minimum atomic E-state index is -0.239. The summed E-state index contributed by atoms with van der Waals surface area (Å²) in [7, 11) is 0. The number of morpholine rings is 2. The summed E-state index contributed by atoms with van der Waals surface area (Å²) in [5, 5.41) is 6.16. The largest absolute Gasteiger partial charge is 0.378 e. The van der Waals surface area contributed by atoms with Crippen molar-refractivity contribution in [3.63, 3.8) is 0 Å².